The highest BCUT2D eigenvalue weighted by molar-refractivity contribution is 7.47. The Kier molecular flexibility index (Phi) is 37.1. The number of phosphoric acid groups is 1. The van der Waals surface area contributed by atoms with Crippen molar-refractivity contribution in [3.8, 4) is 0 Å². The molecule has 0 saturated carbocycles. The highest BCUT2D eigenvalue weighted by Crippen LogP contribution is 2.45. The van der Waals surface area contributed by atoms with Gasteiger partial charge in [0.1, 0.15) is 0 Å². The van der Waals surface area contributed by atoms with Crippen molar-refractivity contribution >= 4 is 19.8 Å². The quantitative estimate of drug-likeness (QED) is 0.0207. The first-order valence-corrected chi connectivity index (χ1v) is 22.3. The first kappa shape index (κ1) is 49.5. The molecule has 0 fully saturated rings. The molecule has 0 aliphatic heterocycles. The number of phosphoric ester groups is 1. The molecule has 9 nitrogen and oxygen atoms in total. The van der Waals surface area contributed by atoms with Crippen LogP contribution in [-0.4, -0.2) is 42.9 Å². The number of ether oxygens (including phenoxy) is 2. The molecule has 0 radical (unpaired) electrons. The largest absolute Gasteiger partial charge is 0.475 e. The molecular formula is C41H78NO8P. The molecule has 0 aliphatic carbocycles. The maximum Gasteiger partial charge on any atom is 0.475 e. The first-order chi connectivity index (χ1) is 24.8. The van der Waals surface area contributed by atoms with Crippen LogP contribution in [0.2, 0.25) is 0 Å². The van der Waals surface area contributed by atoms with Crippen molar-refractivity contribution in [2.24, 2.45) is 5.73 Å². The van der Waals surface area contributed by atoms with Gasteiger partial charge in [-0.25, -0.2) is 9.09 Å². The van der Waals surface area contributed by atoms with Crippen LogP contribution >= 0.6 is 7.82 Å². The topological polar surface area (TPSA) is 134 Å². The predicted molar refractivity (Wildman–Crippen MR) is 210 cm³/mol. The molecule has 2 atom stereocenters. The second-order valence-electron chi connectivity index (χ2n) is 13.8. The molecule has 300 valence electrons. The Hall–Kier alpha value is -1.51. The van der Waals surface area contributed by atoms with E-state index in [9.17, 15) is 19.0 Å². The lowest BCUT2D eigenvalue weighted by Gasteiger charge is -2.21. The Labute approximate surface area is 312 Å². The van der Waals surface area contributed by atoms with Gasteiger partial charge in [-0.05, 0) is 44.9 Å². The first-order valence-electron chi connectivity index (χ1n) is 20.9. The summed E-state index contributed by atoms with van der Waals surface area (Å²) in [6.07, 6.45) is 38.7. The fourth-order valence-corrected chi connectivity index (χ4v) is 6.59. The summed E-state index contributed by atoms with van der Waals surface area (Å²) in [7, 11) is -4.50. The summed E-state index contributed by atoms with van der Waals surface area (Å²) in [5.74, 6) is -0.875. The van der Waals surface area contributed by atoms with E-state index in [0.29, 0.717) is 12.8 Å². The van der Waals surface area contributed by atoms with E-state index in [1.54, 1.807) is 0 Å². The van der Waals surface area contributed by atoms with Crippen molar-refractivity contribution in [1.29, 1.82) is 0 Å². The van der Waals surface area contributed by atoms with Gasteiger partial charge in [-0.3, -0.25) is 14.1 Å². The number of carbonyl (C=O) groups excluding carboxylic acids is 2. The van der Waals surface area contributed by atoms with Gasteiger partial charge < -0.3 is 20.1 Å². The number of esters is 2. The van der Waals surface area contributed by atoms with E-state index >= 15 is 0 Å². The van der Waals surface area contributed by atoms with Crippen molar-refractivity contribution in [3.05, 3.63) is 24.3 Å². The normalized spacial score (nSPS) is 13.6. The van der Waals surface area contributed by atoms with Gasteiger partial charge in [-0.2, -0.15) is 0 Å². The summed E-state index contributed by atoms with van der Waals surface area (Å²) < 4.78 is 32.8. The van der Waals surface area contributed by atoms with Gasteiger partial charge in [0.2, 0.25) is 6.29 Å². The molecule has 0 amide bonds. The lowest BCUT2D eigenvalue weighted by atomic mass is 10.0. The van der Waals surface area contributed by atoms with Crippen LogP contribution in [0, 0.1) is 0 Å². The number of unbranched alkanes of at least 4 members (excludes halogenated alkanes) is 22. The SMILES string of the molecule is CCCCC/C=C\C/C=C\CCCCCCCC(=O)O[C@@H](CCOC(=O)CCCCCCCCCCCCCCCCC)OP(=O)(O)OCCN. The van der Waals surface area contributed by atoms with E-state index in [-0.39, 0.29) is 38.6 Å². The van der Waals surface area contributed by atoms with Crippen LogP contribution in [0.3, 0.4) is 0 Å². The molecule has 0 saturated heterocycles. The summed E-state index contributed by atoms with van der Waals surface area (Å²) in [5.41, 5.74) is 5.36. The molecule has 0 aromatic rings. The molecule has 1 unspecified atom stereocenters. The zero-order chi connectivity index (χ0) is 37.5. The van der Waals surface area contributed by atoms with E-state index in [0.717, 1.165) is 57.8 Å². The van der Waals surface area contributed by atoms with E-state index in [1.165, 1.54) is 103 Å². The average molecular weight is 744 g/mol. The smallest absolute Gasteiger partial charge is 0.465 e. The molecule has 0 aromatic carbocycles. The summed E-state index contributed by atoms with van der Waals surface area (Å²) >= 11 is 0. The van der Waals surface area contributed by atoms with Gasteiger partial charge in [0.05, 0.1) is 13.2 Å². The molecule has 0 rings (SSSR count). The number of carbonyl (C=O) groups is 2. The maximum absolute atomic E-state index is 12.5. The lowest BCUT2D eigenvalue weighted by molar-refractivity contribution is -0.169. The van der Waals surface area contributed by atoms with Gasteiger partial charge in [0, 0.05) is 25.8 Å². The number of nitrogens with two attached hydrogens (primary N) is 1. The standard InChI is InChI=1S/C41H78NO8P/c1-3-5-7-9-11-13-15-17-19-21-23-25-27-29-31-33-39(43)47-37-35-41(50-51(45,46)48-38-36-42)49-40(44)34-32-30-28-26-24-22-20-18-16-14-12-10-8-6-4-2/h12,14,18,20,41H,3-11,13,15-17,19,21-38,42H2,1-2H3,(H,45,46)/b14-12-,20-18-/t41-/m1/s1. The zero-order valence-corrected chi connectivity index (χ0v) is 33.7. The van der Waals surface area contributed by atoms with Crippen LogP contribution in [0.25, 0.3) is 0 Å². The zero-order valence-electron chi connectivity index (χ0n) is 32.8. The Morgan fingerprint density at radius 3 is 1.55 bits per heavy atom. The molecule has 51 heavy (non-hydrogen) atoms. The second-order valence-corrected chi connectivity index (χ2v) is 15.2. The summed E-state index contributed by atoms with van der Waals surface area (Å²) in [5, 5.41) is 0. The van der Waals surface area contributed by atoms with Crippen molar-refractivity contribution in [3.63, 3.8) is 0 Å². The monoisotopic (exact) mass is 744 g/mol. The van der Waals surface area contributed by atoms with Crippen LogP contribution in [0.5, 0.6) is 0 Å². The molecule has 0 aliphatic rings. The number of hydrogen-bond donors (Lipinski definition) is 2. The van der Waals surface area contributed by atoms with E-state index < -0.39 is 20.1 Å². The Morgan fingerprint density at radius 2 is 1.04 bits per heavy atom. The third-order valence-electron chi connectivity index (χ3n) is 8.82. The average Bonchev–Trinajstić information content (AvgIpc) is 3.10. The van der Waals surface area contributed by atoms with Crippen molar-refractivity contribution in [2.75, 3.05) is 19.8 Å². The molecule has 10 heteroatoms. The van der Waals surface area contributed by atoms with Gasteiger partial charge in [-0.1, -0.05) is 160 Å². The minimum Gasteiger partial charge on any atom is -0.465 e. The fraction of sp³-hybridized carbons (Fsp3) is 0.854. The number of allylic oxidation sites excluding steroid dienone is 4. The third kappa shape index (κ3) is 38.0. The molecule has 0 aromatic heterocycles. The van der Waals surface area contributed by atoms with Crippen LogP contribution in [0.4, 0.5) is 0 Å². The van der Waals surface area contributed by atoms with E-state index in [1.807, 2.05) is 0 Å². The summed E-state index contributed by atoms with van der Waals surface area (Å²) in [6.45, 7) is 4.22. The summed E-state index contributed by atoms with van der Waals surface area (Å²) in [4.78, 5) is 34.8. The Bertz CT molecular complexity index is 897. The fourth-order valence-electron chi connectivity index (χ4n) is 5.75. The summed E-state index contributed by atoms with van der Waals surface area (Å²) in [6, 6.07) is 0. The van der Waals surface area contributed by atoms with Gasteiger partial charge in [0.15, 0.2) is 0 Å². The number of rotatable bonds is 39. The molecular weight excluding hydrogens is 665 g/mol. The molecule has 0 bridgehead atoms. The molecule has 0 spiro atoms. The highest BCUT2D eigenvalue weighted by Gasteiger charge is 2.29. The highest BCUT2D eigenvalue weighted by atomic mass is 31.2. The van der Waals surface area contributed by atoms with Crippen LogP contribution in [0.1, 0.15) is 200 Å². The predicted octanol–water partition coefficient (Wildman–Crippen LogP) is 12.0. The van der Waals surface area contributed by atoms with Gasteiger partial charge in [-0.15, -0.1) is 0 Å². The Balaban J connectivity index is 4.11. The maximum atomic E-state index is 12.5. The van der Waals surface area contributed by atoms with E-state index in [2.05, 4.69) is 38.2 Å². The van der Waals surface area contributed by atoms with Gasteiger partial charge in [0.25, 0.3) is 0 Å². The second kappa shape index (κ2) is 38.2. The van der Waals surface area contributed by atoms with Crippen LogP contribution in [-0.2, 0) is 32.7 Å². The Morgan fingerprint density at radius 1 is 0.608 bits per heavy atom. The van der Waals surface area contributed by atoms with Crippen molar-refractivity contribution in [2.45, 2.75) is 206 Å². The minimum absolute atomic E-state index is 0.0299. The number of hydrogen-bond acceptors (Lipinski definition) is 8. The van der Waals surface area contributed by atoms with Gasteiger partial charge >= 0.3 is 19.8 Å². The molecule has 0 heterocycles. The molecule has 3 N–H and O–H groups in total. The van der Waals surface area contributed by atoms with Crippen LogP contribution in [0.15, 0.2) is 24.3 Å². The third-order valence-corrected chi connectivity index (χ3v) is 9.83. The van der Waals surface area contributed by atoms with E-state index in [4.69, 9.17) is 24.3 Å². The minimum atomic E-state index is -4.50. The lowest BCUT2D eigenvalue weighted by Crippen LogP contribution is -2.24. The van der Waals surface area contributed by atoms with Crippen molar-refractivity contribution in [1.82, 2.24) is 0 Å². The van der Waals surface area contributed by atoms with Crippen molar-refractivity contribution < 1.29 is 37.6 Å². The van der Waals surface area contributed by atoms with Crippen LogP contribution < -0.4 is 5.73 Å².